The zero-order valence-corrected chi connectivity index (χ0v) is 8.28. The number of aromatic nitrogens is 2. The first kappa shape index (κ1) is 11.1. The van der Waals surface area contributed by atoms with Crippen molar-refractivity contribution in [1.29, 1.82) is 5.26 Å². The quantitative estimate of drug-likeness (QED) is 0.762. The second kappa shape index (κ2) is 3.59. The number of rotatable bonds is 0. The fourth-order valence-electron chi connectivity index (χ4n) is 1.42. The third-order valence-corrected chi connectivity index (χ3v) is 2.12. The molecule has 17 heavy (non-hydrogen) atoms. The van der Waals surface area contributed by atoms with Crippen molar-refractivity contribution < 1.29 is 13.2 Å². The molecule has 0 spiro atoms. The molecule has 0 fully saturated rings. The van der Waals surface area contributed by atoms with Crippen LogP contribution in [0.15, 0.2) is 18.3 Å². The third kappa shape index (κ3) is 1.97. The molecule has 2 N–H and O–H groups in total. The normalized spacial score (nSPS) is 11.4. The van der Waals surface area contributed by atoms with Crippen molar-refractivity contribution in [3.05, 3.63) is 29.5 Å². The Morgan fingerprint density at radius 2 is 2.00 bits per heavy atom. The largest absolute Gasteiger partial charge is 0.417 e. The second-order valence-electron chi connectivity index (χ2n) is 3.30. The standard InChI is InChI=1S/C10H5F3N4/c11-10(12,13)7-2-8(15)17-9-6(7)1-5(3-14)4-16-9/h1-2,4H,(H2,15,16,17). The summed E-state index contributed by atoms with van der Waals surface area (Å²) >= 11 is 0. The Morgan fingerprint density at radius 3 is 2.59 bits per heavy atom. The van der Waals surface area contributed by atoms with Crippen molar-refractivity contribution in [3.63, 3.8) is 0 Å². The van der Waals surface area contributed by atoms with Crippen molar-refractivity contribution >= 4 is 16.9 Å². The van der Waals surface area contributed by atoms with E-state index in [1.54, 1.807) is 6.07 Å². The zero-order valence-electron chi connectivity index (χ0n) is 8.28. The second-order valence-corrected chi connectivity index (χ2v) is 3.30. The number of hydrogen-bond acceptors (Lipinski definition) is 4. The van der Waals surface area contributed by atoms with Crippen molar-refractivity contribution in [2.24, 2.45) is 0 Å². The van der Waals surface area contributed by atoms with Crippen LogP contribution in [0.5, 0.6) is 0 Å². The van der Waals surface area contributed by atoms with Crippen molar-refractivity contribution in [2.45, 2.75) is 6.18 Å². The lowest BCUT2D eigenvalue weighted by molar-refractivity contribution is -0.136. The summed E-state index contributed by atoms with van der Waals surface area (Å²) in [6, 6.07) is 3.55. The Kier molecular flexibility index (Phi) is 2.35. The SMILES string of the molecule is N#Cc1cnc2nc(N)cc(C(F)(F)F)c2c1. The van der Waals surface area contributed by atoms with E-state index in [-0.39, 0.29) is 22.4 Å². The lowest BCUT2D eigenvalue weighted by Crippen LogP contribution is -2.08. The Balaban J connectivity index is 2.86. The zero-order chi connectivity index (χ0) is 12.6. The molecular formula is C10H5F3N4. The van der Waals surface area contributed by atoms with Crippen LogP contribution in [0.4, 0.5) is 19.0 Å². The van der Waals surface area contributed by atoms with Gasteiger partial charge < -0.3 is 5.73 Å². The maximum absolute atomic E-state index is 12.7. The maximum Gasteiger partial charge on any atom is 0.417 e. The number of pyridine rings is 2. The van der Waals surface area contributed by atoms with Gasteiger partial charge in [0.05, 0.1) is 11.1 Å². The van der Waals surface area contributed by atoms with Crippen LogP contribution >= 0.6 is 0 Å². The topological polar surface area (TPSA) is 75.6 Å². The molecule has 0 amide bonds. The van der Waals surface area contributed by atoms with Gasteiger partial charge in [-0.15, -0.1) is 0 Å². The Morgan fingerprint density at radius 1 is 1.29 bits per heavy atom. The summed E-state index contributed by atoms with van der Waals surface area (Å²) < 4.78 is 38.2. The average Bonchev–Trinajstić information content (AvgIpc) is 2.26. The fourth-order valence-corrected chi connectivity index (χ4v) is 1.42. The van der Waals surface area contributed by atoms with E-state index in [1.165, 1.54) is 0 Å². The Hall–Kier alpha value is -2.36. The summed E-state index contributed by atoms with van der Waals surface area (Å²) in [5, 5.41) is 8.40. The van der Waals surface area contributed by atoms with E-state index in [1.807, 2.05) is 0 Å². The molecular weight excluding hydrogens is 233 g/mol. The van der Waals surface area contributed by atoms with Crippen molar-refractivity contribution in [3.8, 4) is 6.07 Å². The first-order valence-electron chi connectivity index (χ1n) is 4.45. The van der Waals surface area contributed by atoms with E-state index in [4.69, 9.17) is 11.0 Å². The van der Waals surface area contributed by atoms with Crippen molar-refractivity contribution in [1.82, 2.24) is 9.97 Å². The number of nitriles is 1. The van der Waals surface area contributed by atoms with Gasteiger partial charge in [0.25, 0.3) is 0 Å². The van der Waals surface area contributed by atoms with Gasteiger partial charge in [-0.2, -0.15) is 18.4 Å². The van der Waals surface area contributed by atoms with Gasteiger partial charge in [-0.25, -0.2) is 9.97 Å². The molecule has 0 atom stereocenters. The van der Waals surface area contributed by atoms with E-state index >= 15 is 0 Å². The summed E-state index contributed by atoms with van der Waals surface area (Å²) in [5.74, 6) is -0.262. The number of alkyl halides is 3. The number of fused-ring (bicyclic) bond motifs is 1. The van der Waals surface area contributed by atoms with Gasteiger partial charge in [0.15, 0.2) is 5.65 Å². The molecule has 86 valence electrons. The van der Waals surface area contributed by atoms with Gasteiger partial charge in [0.1, 0.15) is 11.9 Å². The molecule has 0 aliphatic rings. The van der Waals surface area contributed by atoms with Gasteiger partial charge in [-0.05, 0) is 12.1 Å². The molecule has 4 nitrogen and oxygen atoms in total. The predicted octanol–water partition coefficient (Wildman–Crippen LogP) is 2.10. The molecule has 2 aromatic heterocycles. The summed E-state index contributed by atoms with van der Waals surface area (Å²) in [5.41, 5.74) is 4.24. The van der Waals surface area contributed by atoms with Crippen LogP contribution in [-0.4, -0.2) is 9.97 Å². The highest BCUT2D eigenvalue weighted by Crippen LogP contribution is 2.34. The molecule has 2 aromatic rings. The molecule has 0 aliphatic heterocycles. The highest BCUT2D eigenvalue weighted by atomic mass is 19.4. The number of anilines is 1. The van der Waals surface area contributed by atoms with Crippen LogP contribution in [0, 0.1) is 11.3 Å². The highest BCUT2D eigenvalue weighted by molar-refractivity contribution is 5.82. The molecule has 0 saturated carbocycles. The van der Waals surface area contributed by atoms with E-state index in [0.29, 0.717) is 0 Å². The summed E-state index contributed by atoms with van der Waals surface area (Å²) in [6.07, 6.45) is -3.42. The molecule has 0 bridgehead atoms. The monoisotopic (exact) mass is 238 g/mol. The van der Waals surface area contributed by atoms with Gasteiger partial charge in [0, 0.05) is 11.6 Å². The Bertz CT molecular complexity index is 628. The minimum atomic E-state index is -4.56. The Labute approximate surface area is 93.5 Å². The summed E-state index contributed by atoms with van der Waals surface area (Å²) in [7, 11) is 0. The van der Waals surface area contributed by atoms with E-state index < -0.39 is 11.7 Å². The van der Waals surface area contributed by atoms with Gasteiger partial charge >= 0.3 is 6.18 Å². The van der Waals surface area contributed by atoms with Crippen molar-refractivity contribution in [2.75, 3.05) is 5.73 Å². The predicted molar refractivity (Wildman–Crippen MR) is 53.7 cm³/mol. The first-order chi connectivity index (χ1) is 7.91. The molecule has 0 saturated heterocycles. The molecule has 0 aromatic carbocycles. The minimum Gasteiger partial charge on any atom is -0.384 e. The van der Waals surface area contributed by atoms with Crippen LogP contribution < -0.4 is 5.73 Å². The number of nitrogens with two attached hydrogens (primary N) is 1. The van der Waals surface area contributed by atoms with E-state index in [0.717, 1.165) is 18.3 Å². The molecule has 0 radical (unpaired) electrons. The maximum atomic E-state index is 12.7. The van der Waals surface area contributed by atoms with Gasteiger partial charge in [0.2, 0.25) is 0 Å². The molecule has 7 heteroatoms. The van der Waals surface area contributed by atoms with Crippen LogP contribution in [0.3, 0.4) is 0 Å². The lowest BCUT2D eigenvalue weighted by Gasteiger charge is -2.10. The van der Waals surface area contributed by atoms with Gasteiger partial charge in [-0.1, -0.05) is 0 Å². The molecule has 0 unspecified atom stereocenters. The number of nitrogen functional groups attached to an aromatic ring is 1. The number of halogens is 3. The lowest BCUT2D eigenvalue weighted by atomic mass is 10.1. The number of nitrogens with zero attached hydrogens (tertiary/aromatic N) is 3. The first-order valence-corrected chi connectivity index (χ1v) is 4.45. The minimum absolute atomic E-state index is 0.0366. The summed E-state index contributed by atoms with van der Waals surface area (Å²) in [6.45, 7) is 0. The van der Waals surface area contributed by atoms with E-state index in [2.05, 4.69) is 9.97 Å². The van der Waals surface area contributed by atoms with Crippen LogP contribution in [0.2, 0.25) is 0 Å². The molecule has 2 rings (SSSR count). The van der Waals surface area contributed by atoms with E-state index in [9.17, 15) is 13.2 Å². The third-order valence-electron chi connectivity index (χ3n) is 2.12. The van der Waals surface area contributed by atoms with Crippen LogP contribution in [0.1, 0.15) is 11.1 Å². The van der Waals surface area contributed by atoms with Gasteiger partial charge in [-0.3, -0.25) is 0 Å². The number of hydrogen-bond donors (Lipinski definition) is 1. The molecule has 0 aliphatic carbocycles. The average molecular weight is 238 g/mol. The smallest absolute Gasteiger partial charge is 0.384 e. The highest BCUT2D eigenvalue weighted by Gasteiger charge is 2.33. The molecule has 2 heterocycles. The van der Waals surface area contributed by atoms with Crippen LogP contribution in [0.25, 0.3) is 11.0 Å². The summed E-state index contributed by atoms with van der Waals surface area (Å²) in [4.78, 5) is 7.36. The van der Waals surface area contributed by atoms with Crippen LogP contribution in [-0.2, 0) is 6.18 Å². The fraction of sp³-hybridized carbons (Fsp3) is 0.100.